The molecule has 1 aromatic heterocycles. The standard InChI is InChI=1S/C29H32N4O2/c1-32(24-11-14-33(15-12-24)25-8-6-23-18-30-13-10-21(23)16-25)29(35)22-5-2-19-7-9-27(26(19)17-22)31-28(34)20-3-4-20/h2,5-6,8,10,13,16-18,20,24,27H,3-4,7,9,11-12,14-15H2,1H3,(H,31,34). The third-order valence-electron chi connectivity index (χ3n) is 8.06. The average molecular weight is 469 g/mol. The molecule has 1 saturated carbocycles. The van der Waals surface area contributed by atoms with E-state index in [1.165, 1.54) is 16.6 Å². The molecule has 1 saturated heterocycles. The number of piperidine rings is 1. The molecule has 6 nitrogen and oxygen atoms in total. The number of fused-ring (bicyclic) bond motifs is 2. The van der Waals surface area contributed by atoms with Gasteiger partial charge >= 0.3 is 0 Å². The van der Waals surface area contributed by atoms with Crippen molar-refractivity contribution in [3.8, 4) is 0 Å². The number of amides is 2. The fourth-order valence-electron chi connectivity index (χ4n) is 5.67. The van der Waals surface area contributed by atoms with Gasteiger partial charge < -0.3 is 15.1 Å². The highest BCUT2D eigenvalue weighted by Gasteiger charge is 2.33. The zero-order valence-corrected chi connectivity index (χ0v) is 20.2. The molecule has 2 aliphatic carbocycles. The minimum Gasteiger partial charge on any atom is -0.371 e. The summed E-state index contributed by atoms with van der Waals surface area (Å²) in [5, 5.41) is 5.57. The SMILES string of the molecule is CN(C(=O)c1ccc2c(c1)C(NC(=O)C1CC1)CC2)C1CCN(c2ccc3cnccc3c2)CC1. The molecule has 35 heavy (non-hydrogen) atoms. The molecule has 3 aliphatic rings. The van der Waals surface area contributed by atoms with Gasteiger partial charge in [-0.05, 0) is 85.4 Å². The van der Waals surface area contributed by atoms with Crippen molar-refractivity contribution in [1.29, 1.82) is 0 Å². The first-order chi connectivity index (χ1) is 17.1. The first kappa shape index (κ1) is 22.1. The van der Waals surface area contributed by atoms with E-state index in [0.717, 1.165) is 68.1 Å². The summed E-state index contributed by atoms with van der Waals surface area (Å²) in [6.07, 6.45) is 9.51. The van der Waals surface area contributed by atoms with Crippen molar-refractivity contribution >= 4 is 28.3 Å². The predicted octanol–water partition coefficient (Wildman–Crippen LogP) is 4.49. The Bertz CT molecular complexity index is 1280. The van der Waals surface area contributed by atoms with E-state index in [1.54, 1.807) is 0 Å². The molecule has 0 spiro atoms. The van der Waals surface area contributed by atoms with Crippen molar-refractivity contribution in [2.24, 2.45) is 5.92 Å². The van der Waals surface area contributed by atoms with Crippen molar-refractivity contribution in [2.75, 3.05) is 25.0 Å². The Morgan fingerprint density at radius 3 is 2.60 bits per heavy atom. The summed E-state index contributed by atoms with van der Waals surface area (Å²) in [6.45, 7) is 1.86. The molecule has 2 amide bonds. The van der Waals surface area contributed by atoms with Crippen molar-refractivity contribution in [3.63, 3.8) is 0 Å². The Morgan fingerprint density at radius 2 is 1.80 bits per heavy atom. The Balaban J connectivity index is 1.11. The number of nitrogens with one attached hydrogen (secondary N) is 1. The van der Waals surface area contributed by atoms with E-state index in [4.69, 9.17) is 0 Å². The van der Waals surface area contributed by atoms with E-state index in [1.807, 2.05) is 36.5 Å². The third kappa shape index (κ3) is 4.38. The van der Waals surface area contributed by atoms with Crippen LogP contribution in [0.25, 0.3) is 10.8 Å². The maximum absolute atomic E-state index is 13.4. The minimum atomic E-state index is 0.0390. The van der Waals surface area contributed by atoms with E-state index in [2.05, 4.69) is 45.5 Å². The van der Waals surface area contributed by atoms with Gasteiger partial charge in [0.1, 0.15) is 0 Å². The lowest BCUT2D eigenvalue weighted by Crippen LogP contribution is -2.45. The van der Waals surface area contributed by atoms with Crippen LogP contribution in [0.1, 0.15) is 59.6 Å². The predicted molar refractivity (Wildman–Crippen MR) is 137 cm³/mol. The van der Waals surface area contributed by atoms with E-state index >= 15 is 0 Å². The van der Waals surface area contributed by atoms with E-state index in [0.29, 0.717) is 0 Å². The topological polar surface area (TPSA) is 65.5 Å². The molecular formula is C29H32N4O2. The molecule has 1 atom stereocenters. The highest BCUT2D eigenvalue weighted by atomic mass is 16.2. The van der Waals surface area contributed by atoms with E-state index < -0.39 is 0 Å². The van der Waals surface area contributed by atoms with Crippen LogP contribution in [-0.4, -0.2) is 47.9 Å². The van der Waals surface area contributed by atoms with Crippen LogP contribution in [0.5, 0.6) is 0 Å². The molecule has 1 aliphatic heterocycles. The van der Waals surface area contributed by atoms with Gasteiger partial charge in [-0.25, -0.2) is 0 Å². The van der Waals surface area contributed by atoms with Gasteiger partial charge in [-0.15, -0.1) is 0 Å². The molecule has 1 unspecified atom stereocenters. The van der Waals surface area contributed by atoms with Gasteiger partial charge in [0, 0.05) is 61.1 Å². The lowest BCUT2D eigenvalue weighted by molar-refractivity contribution is -0.123. The maximum atomic E-state index is 13.4. The van der Waals surface area contributed by atoms with Gasteiger partial charge in [0.05, 0.1) is 6.04 Å². The first-order valence-electron chi connectivity index (χ1n) is 12.9. The van der Waals surface area contributed by atoms with Crippen molar-refractivity contribution in [1.82, 2.24) is 15.2 Å². The van der Waals surface area contributed by atoms with Crippen LogP contribution in [0.4, 0.5) is 5.69 Å². The Kier molecular flexibility index (Phi) is 5.67. The number of carbonyl (C=O) groups excluding carboxylic acids is 2. The van der Waals surface area contributed by atoms with Crippen LogP contribution in [0.2, 0.25) is 0 Å². The first-order valence-corrected chi connectivity index (χ1v) is 12.9. The van der Waals surface area contributed by atoms with Gasteiger partial charge in [0.15, 0.2) is 0 Å². The Morgan fingerprint density at radius 1 is 0.971 bits per heavy atom. The summed E-state index contributed by atoms with van der Waals surface area (Å²) in [5.74, 6) is 0.447. The smallest absolute Gasteiger partial charge is 0.253 e. The molecule has 2 heterocycles. The summed E-state index contributed by atoms with van der Waals surface area (Å²) in [4.78, 5) is 34.3. The summed E-state index contributed by atoms with van der Waals surface area (Å²) in [5.41, 5.74) is 4.34. The van der Waals surface area contributed by atoms with E-state index in [-0.39, 0.29) is 29.8 Å². The highest BCUT2D eigenvalue weighted by Crippen LogP contribution is 2.35. The molecule has 3 aromatic rings. The van der Waals surface area contributed by atoms with Crippen LogP contribution in [0.15, 0.2) is 54.9 Å². The number of carbonyl (C=O) groups is 2. The molecule has 2 aromatic carbocycles. The fourth-order valence-corrected chi connectivity index (χ4v) is 5.67. The van der Waals surface area contributed by atoms with Crippen LogP contribution >= 0.6 is 0 Å². The number of aromatic nitrogens is 1. The molecule has 6 rings (SSSR count). The lowest BCUT2D eigenvalue weighted by Gasteiger charge is -2.38. The van der Waals surface area contributed by atoms with Gasteiger partial charge in [-0.2, -0.15) is 0 Å². The molecule has 0 bridgehead atoms. The number of anilines is 1. The molecule has 180 valence electrons. The number of aryl methyl sites for hydroxylation is 1. The third-order valence-corrected chi connectivity index (χ3v) is 8.06. The van der Waals surface area contributed by atoms with Crippen LogP contribution in [0.3, 0.4) is 0 Å². The molecule has 6 heteroatoms. The normalized spacial score (nSPS) is 20.0. The molecular weight excluding hydrogens is 436 g/mol. The number of rotatable bonds is 5. The van der Waals surface area contributed by atoms with Crippen molar-refractivity contribution in [3.05, 3.63) is 71.5 Å². The molecule has 1 N–H and O–H groups in total. The van der Waals surface area contributed by atoms with Gasteiger partial charge in [-0.3, -0.25) is 14.6 Å². The van der Waals surface area contributed by atoms with Crippen LogP contribution in [0, 0.1) is 5.92 Å². The van der Waals surface area contributed by atoms with Gasteiger partial charge in [0.2, 0.25) is 5.91 Å². The fraction of sp³-hybridized carbons (Fsp3) is 0.414. The summed E-state index contributed by atoms with van der Waals surface area (Å²) in [6, 6.07) is 14.9. The molecule has 0 radical (unpaired) electrons. The number of benzene rings is 2. The summed E-state index contributed by atoms with van der Waals surface area (Å²) >= 11 is 0. The number of hydrogen-bond acceptors (Lipinski definition) is 4. The largest absolute Gasteiger partial charge is 0.371 e. The maximum Gasteiger partial charge on any atom is 0.253 e. The Labute approximate surface area is 206 Å². The minimum absolute atomic E-state index is 0.0390. The van der Waals surface area contributed by atoms with Crippen LogP contribution in [-0.2, 0) is 11.2 Å². The van der Waals surface area contributed by atoms with Crippen molar-refractivity contribution < 1.29 is 9.59 Å². The van der Waals surface area contributed by atoms with E-state index in [9.17, 15) is 9.59 Å². The number of nitrogens with zero attached hydrogens (tertiary/aromatic N) is 3. The second-order valence-corrected chi connectivity index (χ2v) is 10.3. The highest BCUT2D eigenvalue weighted by molar-refractivity contribution is 5.94. The van der Waals surface area contributed by atoms with Gasteiger partial charge in [0.25, 0.3) is 5.91 Å². The quantitative estimate of drug-likeness (QED) is 0.599. The zero-order valence-electron chi connectivity index (χ0n) is 20.2. The van der Waals surface area contributed by atoms with Gasteiger partial charge in [-0.1, -0.05) is 12.1 Å². The average Bonchev–Trinajstić information content (AvgIpc) is 3.69. The second kappa shape index (κ2) is 8.99. The molecule has 2 fully saturated rings. The van der Waals surface area contributed by atoms with Crippen molar-refractivity contribution in [2.45, 2.75) is 50.6 Å². The van der Waals surface area contributed by atoms with Crippen LogP contribution < -0.4 is 10.2 Å². The Hall–Kier alpha value is -3.41. The monoisotopic (exact) mass is 468 g/mol. The lowest BCUT2D eigenvalue weighted by atomic mass is 9.99. The summed E-state index contributed by atoms with van der Waals surface area (Å²) < 4.78 is 0. The number of hydrogen-bond donors (Lipinski definition) is 1. The zero-order chi connectivity index (χ0) is 23.9. The summed E-state index contributed by atoms with van der Waals surface area (Å²) in [7, 11) is 1.94. The number of pyridine rings is 1. The second-order valence-electron chi connectivity index (χ2n) is 10.3.